The van der Waals surface area contributed by atoms with Crippen LogP contribution >= 0.6 is 0 Å². The largest absolute Gasteiger partial charge is 0.0807 e. The van der Waals surface area contributed by atoms with Crippen LogP contribution in [0.25, 0.3) is 5.57 Å². The Morgan fingerprint density at radius 1 is 1.00 bits per heavy atom. The smallest absolute Gasteiger partial charge is 0.0157 e. The standard InChI is InChI=1S/C14H14/c1-12-8-10-14(11-9-12)13-6-4-2-3-5-7-13/h2-4,6-11H,5H2,1H3. The molecular formula is C14H14. The average Bonchev–Trinajstić information content (AvgIpc) is 2.47. The quantitative estimate of drug-likeness (QED) is 0.618. The van der Waals surface area contributed by atoms with Crippen LogP contribution in [-0.2, 0) is 0 Å². The van der Waals surface area contributed by atoms with Gasteiger partial charge in [0.05, 0.1) is 0 Å². The number of benzene rings is 1. The topological polar surface area (TPSA) is 0 Å². The zero-order valence-electron chi connectivity index (χ0n) is 8.40. The number of allylic oxidation sites excluding steroid dienone is 6. The maximum atomic E-state index is 2.25. The van der Waals surface area contributed by atoms with Crippen molar-refractivity contribution in [3.63, 3.8) is 0 Å². The van der Waals surface area contributed by atoms with Gasteiger partial charge in [0.2, 0.25) is 0 Å². The van der Waals surface area contributed by atoms with Gasteiger partial charge in [0, 0.05) is 0 Å². The molecule has 0 radical (unpaired) electrons. The highest BCUT2D eigenvalue weighted by Crippen LogP contribution is 2.18. The molecular weight excluding hydrogens is 168 g/mol. The first-order valence-electron chi connectivity index (χ1n) is 4.97. The van der Waals surface area contributed by atoms with Crippen LogP contribution in [-0.4, -0.2) is 0 Å². The second-order valence-corrected chi connectivity index (χ2v) is 3.55. The van der Waals surface area contributed by atoms with E-state index in [1.165, 1.54) is 16.7 Å². The summed E-state index contributed by atoms with van der Waals surface area (Å²) in [7, 11) is 0. The lowest BCUT2D eigenvalue weighted by atomic mass is 10.0. The van der Waals surface area contributed by atoms with Crippen LogP contribution in [0.15, 0.2) is 54.6 Å². The Kier molecular flexibility index (Phi) is 2.64. The summed E-state index contributed by atoms with van der Waals surface area (Å²) in [5, 5.41) is 0. The molecule has 1 aromatic rings. The van der Waals surface area contributed by atoms with Crippen LogP contribution in [0.3, 0.4) is 0 Å². The van der Waals surface area contributed by atoms with Gasteiger partial charge in [-0.3, -0.25) is 0 Å². The highest BCUT2D eigenvalue weighted by molar-refractivity contribution is 5.74. The second-order valence-electron chi connectivity index (χ2n) is 3.55. The predicted molar refractivity (Wildman–Crippen MR) is 62.1 cm³/mol. The Labute approximate surface area is 85.3 Å². The maximum Gasteiger partial charge on any atom is -0.0157 e. The molecule has 0 aliphatic heterocycles. The molecule has 0 nitrogen and oxygen atoms in total. The molecule has 1 aliphatic rings. The van der Waals surface area contributed by atoms with Crippen molar-refractivity contribution in [3.05, 3.63) is 65.8 Å². The van der Waals surface area contributed by atoms with Crippen molar-refractivity contribution in [1.29, 1.82) is 0 Å². The van der Waals surface area contributed by atoms with E-state index in [-0.39, 0.29) is 0 Å². The van der Waals surface area contributed by atoms with E-state index in [4.69, 9.17) is 0 Å². The van der Waals surface area contributed by atoms with Crippen molar-refractivity contribution in [1.82, 2.24) is 0 Å². The van der Waals surface area contributed by atoms with Crippen LogP contribution in [0.1, 0.15) is 17.5 Å². The number of aryl methyl sites for hydroxylation is 1. The molecule has 0 N–H and O–H groups in total. The van der Waals surface area contributed by atoms with Crippen molar-refractivity contribution in [2.24, 2.45) is 0 Å². The van der Waals surface area contributed by atoms with Crippen molar-refractivity contribution in [2.75, 3.05) is 0 Å². The number of hydrogen-bond acceptors (Lipinski definition) is 0. The van der Waals surface area contributed by atoms with Gasteiger partial charge < -0.3 is 0 Å². The molecule has 0 fully saturated rings. The summed E-state index contributed by atoms with van der Waals surface area (Å²) in [6.45, 7) is 2.11. The molecule has 0 atom stereocenters. The summed E-state index contributed by atoms with van der Waals surface area (Å²) in [6, 6.07) is 8.66. The average molecular weight is 182 g/mol. The first-order valence-corrected chi connectivity index (χ1v) is 4.97. The summed E-state index contributed by atoms with van der Waals surface area (Å²) < 4.78 is 0. The van der Waals surface area contributed by atoms with Crippen LogP contribution < -0.4 is 0 Å². The molecule has 2 rings (SSSR count). The molecule has 1 aromatic carbocycles. The van der Waals surface area contributed by atoms with Gasteiger partial charge in [0.1, 0.15) is 0 Å². The SMILES string of the molecule is Cc1ccc(C2=CCC=CC=C2)cc1. The van der Waals surface area contributed by atoms with E-state index in [1.807, 2.05) is 0 Å². The van der Waals surface area contributed by atoms with Gasteiger partial charge >= 0.3 is 0 Å². The highest BCUT2D eigenvalue weighted by Gasteiger charge is 1.97. The van der Waals surface area contributed by atoms with E-state index >= 15 is 0 Å². The van der Waals surface area contributed by atoms with Gasteiger partial charge in [-0.2, -0.15) is 0 Å². The molecule has 1 aliphatic carbocycles. The summed E-state index contributed by atoms with van der Waals surface area (Å²) in [5.41, 5.74) is 3.93. The predicted octanol–water partition coefficient (Wildman–Crippen LogP) is 3.89. The lowest BCUT2D eigenvalue weighted by Gasteiger charge is -2.02. The third kappa shape index (κ3) is 2.02. The Morgan fingerprint density at radius 2 is 1.79 bits per heavy atom. The van der Waals surface area contributed by atoms with E-state index in [2.05, 4.69) is 61.6 Å². The molecule has 0 spiro atoms. The number of hydrogen-bond donors (Lipinski definition) is 0. The van der Waals surface area contributed by atoms with Crippen molar-refractivity contribution >= 4 is 5.57 Å². The van der Waals surface area contributed by atoms with Crippen LogP contribution in [0.4, 0.5) is 0 Å². The minimum Gasteiger partial charge on any atom is -0.0807 e. The fraction of sp³-hybridized carbons (Fsp3) is 0.143. The summed E-state index contributed by atoms with van der Waals surface area (Å²) in [4.78, 5) is 0. The van der Waals surface area contributed by atoms with Crippen molar-refractivity contribution < 1.29 is 0 Å². The Hall–Kier alpha value is -1.56. The first kappa shape index (κ1) is 9.01. The number of rotatable bonds is 1. The molecule has 0 heteroatoms. The Bertz CT molecular complexity index is 389. The molecule has 0 amide bonds. The van der Waals surface area contributed by atoms with Crippen LogP contribution in [0.5, 0.6) is 0 Å². The monoisotopic (exact) mass is 182 g/mol. The van der Waals surface area contributed by atoms with E-state index in [9.17, 15) is 0 Å². The zero-order chi connectivity index (χ0) is 9.80. The minimum absolute atomic E-state index is 1.02. The Balaban J connectivity index is 2.31. The molecule has 0 aromatic heterocycles. The van der Waals surface area contributed by atoms with Gasteiger partial charge in [0.15, 0.2) is 0 Å². The molecule has 0 bridgehead atoms. The molecule has 0 heterocycles. The zero-order valence-corrected chi connectivity index (χ0v) is 8.40. The van der Waals surface area contributed by atoms with Gasteiger partial charge in [-0.15, -0.1) is 0 Å². The van der Waals surface area contributed by atoms with Crippen LogP contribution in [0.2, 0.25) is 0 Å². The van der Waals surface area contributed by atoms with Crippen LogP contribution in [0, 0.1) is 6.92 Å². The van der Waals surface area contributed by atoms with E-state index in [1.54, 1.807) is 0 Å². The minimum atomic E-state index is 1.02. The normalized spacial score (nSPS) is 15.1. The summed E-state index contributed by atoms with van der Waals surface area (Å²) in [5.74, 6) is 0. The third-order valence-corrected chi connectivity index (χ3v) is 2.38. The molecule has 0 saturated heterocycles. The molecule has 70 valence electrons. The first-order chi connectivity index (χ1) is 6.86. The fourth-order valence-corrected chi connectivity index (χ4v) is 1.54. The highest BCUT2D eigenvalue weighted by atomic mass is 14.0. The van der Waals surface area contributed by atoms with Gasteiger partial charge in [-0.1, -0.05) is 60.2 Å². The lowest BCUT2D eigenvalue weighted by Crippen LogP contribution is -1.80. The van der Waals surface area contributed by atoms with Crippen molar-refractivity contribution in [2.45, 2.75) is 13.3 Å². The van der Waals surface area contributed by atoms with E-state index < -0.39 is 0 Å². The lowest BCUT2D eigenvalue weighted by molar-refractivity contribution is 1.40. The van der Waals surface area contributed by atoms with E-state index in [0.717, 1.165) is 6.42 Å². The van der Waals surface area contributed by atoms with Gasteiger partial charge in [0.25, 0.3) is 0 Å². The second kappa shape index (κ2) is 4.10. The molecule has 14 heavy (non-hydrogen) atoms. The van der Waals surface area contributed by atoms with Crippen molar-refractivity contribution in [3.8, 4) is 0 Å². The third-order valence-electron chi connectivity index (χ3n) is 2.38. The molecule has 0 unspecified atom stereocenters. The molecule has 0 saturated carbocycles. The Morgan fingerprint density at radius 3 is 2.57 bits per heavy atom. The van der Waals surface area contributed by atoms with E-state index in [0.29, 0.717) is 0 Å². The summed E-state index contributed by atoms with van der Waals surface area (Å²) >= 11 is 0. The van der Waals surface area contributed by atoms with Gasteiger partial charge in [-0.05, 0) is 24.5 Å². The van der Waals surface area contributed by atoms with Gasteiger partial charge in [-0.25, -0.2) is 0 Å². The summed E-state index contributed by atoms with van der Waals surface area (Å²) in [6.07, 6.45) is 11.8. The maximum absolute atomic E-state index is 2.25. The fourth-order valence-electron chi connectivity index (χ4n) is 1.54.